The van der Waals surface area contributed by atoms with Gasteiger partial charge in [-0.25, -0.2) is 4.79 Å². The number of phenols is 2. The van der Waals surface area contributed by atoms with E-state index >= 15 is 0 Å². The lowest BCUT2D eigenvalue weighted by atomic mass is 9.98. The maximum absolute atomic E-state index is 14.0. The Labute approximate surface area is 223 Å². The van der Waals surface area contributed by atoms with Gasteiger partial charge in [0.05, 0.1) is 6.07 Å². The molecule has 2 aromatic carbocycles. The van der Waals surface area contributed by atoms with Gasteiger partial charge in [-0.15, -0.1) is 0 Å². The number of para-hydroxylation sites is 1. The maximum atomic E-state index is 14.0. The molecule has 10 nitrogen and oxygen atoms in total. The number of carbonyl (C=O) groups excluding carboxylic acids is 3. The number of benzene rings is 2. The molecule has 0 fully saturated rings. The summed E-state index contributed by atoms with van der Waals surface area (Å²) in [5.41, 5.74) is -0.791. The summed E-state index contributed by atoms with van der Waals surface area (Å²) in [5, 5.41) is 35.2. The second-order valence-electron chi connectivity index (χ2n) is 10.9. The highest BCUT2D eigenvalue weighted by Gasteiger charge is 2.38. The van der Waals surface area contributed by atoms with Gasteiger partial charge in [0.25, 0.3) is 0 Å². The predicted molar refractivity (Wildman–Crippen MR) is 141 cm³/mol. The molecule has 0 spiro atoms. The number of nitrogens with zero attached hydrogens (tertiary/aromatic N) is 2. The van der Waals surface area contributed by atoms with Crippen LogP contribution >= 0.6 is 0 Å². The first-order valence-electron chi connectivity index (χ1n) is 12.2. The summed E-state index contributed by atoms with van der Waals surface area (Å²) in [6.07, 6.45) is -0.876. The second kappa shape index (κ2) is 12.3. The Balaban J connectivity index is 2.57. The summed E-state index contributed by atoms with van der Waals surface area (Å²) >= 11 is 0. The average molecular weight is 525 g/mol. The average Bonchev–Trinajstić information content (AvgIpc) is 2.78. The van der Waals surface area contributed by atoms with Crippen LogP contribution in [0, 0.1) is 11.3 Å². The Morgan fingerprint density at radius 2 is 1.61 bits per heavy atom. The summed E-state index contributed by atoms with van der Waals surface area (Å²) in [5.74, 6) is -1.54. The molecule has 0 saturated heterocycles. The van der Waals surface area contributed by atoms with Crippen molar-refractivity contribution in [1.82, 2.24) is 15.5 Å². The third-order valence-corrected chi connectivity index (χ3v) is 5.18. The lowest BCUT2D eigenvalue weighted by molar-refractivity contribution is -0.142. The number of ether oxygens (including phenoxy) is 1. The number of rotatable bonds is 8. The quantitative estimate of drug-likeness (QED) is 0.385. The van der Waals surface area contributed by atoms with Crippen molar-refractivity contribution in [2.45, 2.75) is 71.2 Å². The minimum Gasteiger partial charge on any atom is -0.508 e. The van der Waals surface area contributed by atoms with E-state index in [1.165, 1.54) is 24.3 Å². The highest BCUT2D eigenvalue weighted by atomic mass is 16.6. The number of hydrogen-bond acceptors (Lipinski definition) is 7. The molecule has 0 aromatic heterocycles. The minimum absolute atomic E-state index is 0.0192. The van der Waals surface area contributed by atoms with E-state index in [4.69, 9.17) is 4.74 Å². The van der Waals surface area contributed by atoms with Gasteiger partial charge < -0.3 is 30.5 Å². The molecule has 38 heavy (non-hydrogen) atoms. The van der Waals surface area contributed by atoms with Crippen molar-refractivity contribution >= 4 is 17.9 Å². The molecule has 0 saturated carbocycles. The second-order valence-corrected chi connectivity index (χ2v) is 10.9. The van der Waals surface area contributed by atoms with Crippen LogP contribution in [0.15, 0.2) is 48.5 Å². The van der Waals surface area contributed by atoms with Gasteiger partial charge in [0.2, 0.25) is 11.8 Å². The first-order chi connectivity index (χ1) is 17.6. The van der Waals surface area contributed by atoms with Crippen LogP contribution in [0.3, 0.4) is 0 Å². The molecule has 0 heterocycles. The fraction of sp³-hybridized carbons (Fsp3) is 0.429. The number of carbonyl (C=O) groups is 3. The van der Waals surface area contributed by atoms with E-state index < -0.39 is 47.7 Å². The monoisotopic (exact) mass is 524 g/mol. The van der Waals surface area contributed by atoms with Crippen molar-refractivity contribution in [2.75, 3.05) is 6.54 Å². The fourth-order valence-corrected chi connectivity index (χ4v) is 3.70. The van der Waals surface area contributed by atoms with Gasteiger partial charge in [-0.1, -0.05) is 30.3 Å². The number of hydrogen-bond donors (Lipinski definition) is 4. The van der Waals surface area contributed by atoms with Gasteiger partial charge in [0.1, 0.15) is 35.7 Å². The van der Waals surface area contributed by atoms with Crippen molar-refractivity contribution in [2.24, 2.45) is 0 Å². The third-order valence-electron chi connectivity index (χ3n) is 5.18. The van der Waals surface area contributed by atoms with Crippen molar-refractivity contribution in [3.8, 4) is 17.6 Å². The van der Waals surface area contributed by atoms with Gasteiger partial charge in [-0.2, -0.15) is 5.26 Å². The first kappa shape index (κ1) is 30.0. The number of nitrogens with one attached hydrogen (secondary N) is 2. The zero-order valence-corrected chi connectivity index (χ0v) is 22.6. The number of phenolic OH excluding ortho intramolecular Hbond substituents is 2. The molecule has 2 aromatic rings. The molecular weight excluding hydrogens is 488 g/mol. The molecule has 0 bridgehead atoms. The van der Waals surface area contributed by atoms with Crippen LogP contribution in [0.2, 0.25) is 0 Å². The van der Waals surface area contributed by atoms with E-state index in [2.05, 4.69) is 10.6 Å². The lowest BCUT2D eigenvalue weighted by Gasteiger charge is -2.34. The van der Waals surface area contributed by atoms with Gasteiger partial charge >= 0.3 is 6.09 Å². The third kappa shape index (κ3) is 9.00. The molecular formula is C28H36N4O6. The summed E-state index contributed by atoms with van der Waals surface area (Å²) in [6.45, 7) is 9.82. The smallest absolute Gasteiger partial charge is 0.408 e. The molecule has 3 amide bonds. The van der Waals surface area contributed by atoms with Crippen molar-refractivity contribution < 1.29 is 29.3 Å². The predicted octanol–water partition coefficient (Wildman–Crippen LogP) is 3.54. The molecule has 204 valence electrons. The largest absolute Gasteiger partial charge is 0.508 e. The van der Waals surface area contributed by atoms with Crippen molar-refractivity contribution in [3.63, 3.8) is 0 Å². The van der Waals surface area contributed by atoms with E-state index in [9.17, 15) is 29.9 Å². The van der Waals surface area contributed by atoms with Crippen molar-refractivity contribution in [1.29, 1.82) is 5.26 Å². The van der Waals surface area contributed by atoms with Gasteiger partial charge in [-0.3, -0.25) is 9.59 Å². The summed E-state index contributed by atoms with van der Waals surface area (Å²) in [6, 6.07) is 11.4. The highest BCUT2D eigenvalue weighted by molar-refractivity contribution is 5.93. The number of nitriles is 1. The van der Waals surface area contributed by atoms with E-state index in [1.54, 1.807) is 65.8 Å². The van der Waals surface area contributed by atoms with E-state index in [0.717, 1.165) is 4.90 Å². The van der Waals surface area contributed by atoms with E-state index in [0.29, 0.717) is 5.56 Å². The number of alkyl carbamates (subject to hydrolysis) is 1. The van der Waals surface area contributed by atoms with Gasteiger partial charge in [0.15, 0.2) is 0 Å². The molecule has 0 aliphatic carbocycles. The van der Waals surface area contributed by atoms with Gasteiger partial charge in [0, 0.05) is 17.5 Å². The van der Waals surface area contributed by atoms with E-state index in [-0.39, 0.29) is 23.5 Å². The van der Waals surface area contributed by atoms with Crippen LogP contribution < -0.4 is 10.6 Å². The topological polar surface area (TPSA) is 152 Å². The zero-order valence-electron chi connectivity index (χ0n) is 22.6. The Morgan fingerprint density at radius 3 is 2.13 bits per heavy atom. The number of amides is 3. The normalized spacial score (nSPS) is 13.0. The molecule has 2 unspecified atom stereocenters. The van der Waals surface area contributed by atoms with Crippen LogP contribution in [0.25, 0.3) is 0 Å². The molecule has 2 rings (SSSR count). The van der Waals surface area contributed by atoms with Crippen LogP contribution in [-0.4, -0.2) is 56.7 Å². The van der Waals surface area contributed by atoms with Crippen molar-refractivity contribution in [3.05, 3.63) is 59.7 Å². The fourth-order valence-electron chi connectivity index (χ4n) is 3.70. The Kier molecular flexibility index (Phi) is 9.72. The molecule has 10 heteroatoms. The van der Waals surface area contributed by atoms with Crippen LogP contribution in [0.1, 0.15) is 58.7 Å². The molecule has 0 aliphatic heterocycles. The Morgan fingerprint density at radius 1 is 1.00 bits per heavy atom. The van der Waals surface area contributed by atoms with Crippen LogP contribution in [0.5, 0.6) is 11.5 Å². The van der Waals surface area contributed by atoms with Gasteiger partial charge in [-0.05, 0) is 65.3 Å². The van der Waals surface area contributed by atoms with Crippen LogP contribution in [0.4, 0.5) is 4.79 Å². The van der Waals surface area contributed by atoms with E-state index in [1.807, 2.05) is 6.07 Å². The standard InChI is InChI=1S/C28H36N4O6/c1-27(2,3)31-24(35)23(20-9-7-8-10-22(20)34)32(16-15-29)25(36)21(30-26(37)38-28(4,5)6)17-18-11-13-19(33)14-12-18/h7-14,21,23,33-34H,16-17H2,1-6H3,(H,30,37)(H,31,35). The first-order valence-corrected chi connectivity index (χ1v) is 12.2. The summed E-state index contributed by atoms with van der Waals surface area (Å²) in [7, 11) is 0. The Hall–Kier alpha value is -4.26. The zero-order chi connectivity index (χ0) is 28.7. The lowest BCUT2D eigenvalue weighted by Crippen LogP contribution is -2.55. The summed E-state index contributed by atoms with van der Waals surface area (Å²) < 4.78 is 5.35. The molecule has 4 N–H and O–H groups in total. The summed E-state index contributed by atoms with van der Waals surface area (Å²) in [4.78, 5) is 41.2. The molecule has 0 radical (unpaired) electrons. The van der Waals surface area contributed by atoms with Crippen LogP contribution in [-0.2, 0) is 20.7 Å². The SMILES string of the molecule is CC(C)(C)NC(=O)C(c1ccccc1O)N(CC#N)C(=O)C(Cc1ccc(O)cc1)NC(=O)OC(C)(C)C. The molecule has 2 atom stereocenters. The highest BCUT2D eigenvalue weighted by Crippen LogP contribution is 2.30. The maximum Gasteiger partial charge on any atom is 0.408 e. The Bertz CT molecular complexity index is 1180. The number of aromatic hydroxyl groups is 2. The minimum atomic E-state index is -1.37. The molecule has 0 aliphatic rings.